The lowest BCUT2D eigenvalue weighted by molar-refractivity contribution is -0.255. The third-order valence-electron chi connectivity index (χ3n) is 2.87. The average Bonchev–Trinajstić information content (AvgIpc) is 2.47. The van der Waals surface area contributed by atoms with E-state index in [1.54, 1.807) is 0 Å². The Morgan fingerprint density at radius 1 is 1.26 bits per heavy atom. The number of carbonyl (C=O) groups excluding carboxylic acids is 1. The van der Waals surface area contributed by atoms with E-state index in [0.29, 0.717) is 11.8 Å². The Kier molecular flexibility index (Phi) is 4.76. The molecule has 2 aromatic rings. The number of carboxylic acid groups (broad SMARTS) is 1. The fourth-order valence-electron chi connectivity index (χ4n) is 1.77. The van der Waals surface area contributed by atoms with E-state index in [1.165, 1.54) is 25.3 Å². The molecule has 0 aliphatic heterocycles. The summed E-state index contributed by atoms with van der Waals surface area (Å²) in [7, 11) is -2.72. The maximum atomic E-state index is 13.3. The van der Waals surface area contributed by atoms with E-state index >= 15 is 0 Å². The first-order chi connectivity index (χ1) is 10.7. The number of halogens is 2. The molecule has 0 atom stereocenters. The lowest BCUT2D eigenvalue weighted by Gasteiger charge is -2.11. The van der Waals surface area contributed by atoms with E-state index in [0.717, 1.165) is 12.1 Å². The summed E-state index contributed by atoms with van der Waals surface area (Å²) in [4.78, 5) is 10.4. The van der Waals surface area contributed by atoms with Crippen LogP contribution in [0.15, 0.2) is 41.3 Å². The van der Waals surface area contributed by atoms with Crippen LogP contribution in [-0.2, 0) is 10.0 Å². The topological polar surface area (TPSA) is 95.5 Å². The van der Waals surface area contributed by atoms with Crippen molar-refractivity contribution < 1.29 is 27.4 Å². The Hall–Kier alpha value is -2.32. The zero-order chi connectivity index (χ0) is 17.2. The molecule has 0 fully saturated rings. The van der Waals surface area contributed by atoms with E-state index in [2.05, 4.69) is 4.72 Å². The summed E-state index contributed by atoms with van der Waals surface area (Å²) < 4.78 is 44.9. The minimum absolute atomic E-state index is 0.134. The molecule has 122 valence electrons. The van der Waals surface area contributed by atoms with Crippen LogP contribution in [0, 0.1) is 5.82 Å². The van der Waals surface area contributed by atoms with Gasteiger partial charge < -0.3 is 14.6 Å². The van der Waals surface area contributed by atoms with Crippen molar-refractivity contribution in [2.24, 2.45) is 0 Å². The summed E-state index contributed by atoms with van der Waals surface area (Å²) in [5, 5.41) is 11.0. The van der Waals surface area contributed by atoms with Crippen LogP contribution in [0.25, 0.3) is 0 Å². The first-order valence-electron chi connectivity index (χ1n) is 6.12. The second-order valence-corrected chi connectivity index (χ2v) is 6.47. The molecule has 0 amide bonds. The van der Waals surface area contributed by atoms with Crippen molar-refractivity contribution in [3.05, 3.63) is 52.8 Å². The number of hydrogen-bond acceptors (Lipinski definition) is 5. The summed E-state index contributed by atoms with van der Waals surface area (Å²) in [5.41, 5.74) is -0.712. The fourth-order valence-corrected chi connectivity index (χ4v) is 3.10. The van der Waals surface area contributed by atoms with Crippen molar-refractivity contribution >= 4 is 33.3 Å². The third kappa shape index (κ3) is 3.72. The molecule has 0 bridgehead atoms. The van der Waals surface area contributed by atoms with Crippen LogP contribution in [0.3, 0.4) is 0 Å². The largest absolute Gasteiger partial charge is 0.545 e. The lowest BCUT2D eigenvalue weighted by atomic mass is 10.2. The minimum atomic E-state index is -4.13. The van der Waals surface area contributed by atoms with Crippen LogP contribution in [-0.4, -0.2) is 21.5 Å². The number of hydrogen-bond donors (Lipinski definition) is 1. The molecule has 2 aromatic carbocycles. The monoisotopic (exact) mass is 358 g/mol. The maximum Gasteiger partial charge on any atom is 0.261 e. The Morgan fingerprint density at radius 2 is 1.96 bits per heavy atom. The molecule has 0 saturated heterocycles. The standard InChI is InChI=1S/C14H11ClFNO5S/c1-22-13-5-2-8(6-11(13)15)17-23(20,21)9-3-4-12(16)10(7-9)14(18)19/h2-7,17H,1H3,(H,18,19)/p-1. The molecule has 2 rings (SSSR count). The van der Waals surface area contributed by atoms with Gasteiger partial charge in [0.25, 0.3) is 10.0 Å². The van der Waals surface area contributed by atoms with Crippen LogP contribution in [0.1, 0.15) is 10.4 Å². The van der Waals surface area contributed by atoms with Crippen molar-refractivity contribution in [2.75, 3.05) is 11.8 Å². The number of aromatic carboxylic acids is 1. The predicted molar refractivity (Wildman–Crippen MR) is 79.5 cm³/mol. The van der Waals surface area contributed by atoms with E-state index in [4.69, 9.17) is 16.3 Å². The van der Waals surface area contributed by atoms with Gasteiger partial charge in [0.2, 0.25) is 0 Å². The van der Waals surface area contributed by atoms with Crippen LogP contribution in [0.4, 0.5) is 10.1 Å². The molecular formula is C14H10ClFNO5S-. The van der Waals surface area contributed by atoms with Gasteiger partial charge in [-0.15, -0.1) is 0 Å². The second-order valence-electron chi connectivity index (χ2n) is 4.38. The summed E-state index contributed by atoms with van der Waals surface area (Å²) in [6.45, 7) is 0. The smallest absolute Gasteiger partial charge is 0.261 e. The van der Waals surface area contributed by atoms with Crippen molar-refractivity contribution in [1.29, 1.82) is 0 Å². The Bertz CT molecular complexity index is 869. The zero-order valence-corrected chi connectivity index (χ0v) is 13.2. The number of benzene rings is 2. The molecule has 0 radical (unpaired) electrons. The van der Waals surface area contributed by atoms with Gasteiger partial charge in [0.1, 0.15) is 11.6 Å². The number of methoxy groups -OCH3 is 1. The molecule has 1 N–H and O–H groups in total. The highest BCUT2D eigenvalue weighted by Gasteiger charge is 2.17. The number of rotatable bonds is 5. The highest BCUT2D eigenvalue weighted by molar-refractivity contribution is 7.92. The van der Waals surface area contributed by atoms with E-state index < -0.39 is 32.3 Å². The van der Waals surface area contributed by atoms with Crippen molar-refractivity contribution in [3.63, 3.8) is 0 Å². The van der Waals surface area contributed by atoms with Crippen LogP contribution < -0.4 is 14.6 Å². The van der Waals surface area contributed by atoms with Gasteiger partial charge in [-0.1, -0.05) is 11.6 Å². The van der Waals surface area contributed by atoms with Gasteiger partial charge in [0.05, 0.1) is 28.7 Å². The molecule has 0 saturated carbocycles. The number of nitrogens with one attached hydrogen (secondary N) is 1. The highest BCUT2D eigenvalue weighted by atomic mass is 35.5. The zero-order valence-electron chi connectivity index (χ0n) is 11.7. The van der Waals surface area contributed by atoms with Gasteiger partial charge in [0, 0.05) is 5.56 Å². The molecule has 0 unspecified atom stereocenters. The van der Waals surface area contributed by atoms with Crippen LogP contribution in [0.5, 0.6) is 5.75 Å². The minimum Gasteiger partial charge on any atom is -0.545 e. The molecule has 0 aliphatic carbocycles. The number of carbonyl (C=O) groups is 1. The van der Waals surface area contributed by atoms with Gasteiger partial charge in [-0.2, -0.15) is 0 Å². The quantitative estimate of drug-likeness (QED) is 0.876. The molecule has 0 spiro atoms. The number of sulfonamides is 1. The van der Waals surface area contributed by atoms with Crippen molar-refractivity contribution in [2.45, 2.75) is 4.90 Å². The molecular weight excluding hydrogens is 349 g/mol. The van der Waals surface area contributed by atoms with Gasteiger partial charge in [-0.25, -0.2) is 12.8 Å². The molecule has 0 aromatic heterocycles. The summed E-state index contributed by atoms with van der Waals surface area (Å²) in [6.07, 6.45) is 0. The molecule has 0 heterocycles. The molecule has 23 heavy (non-hydrogen) atoms. The number of ether oxygens (including phenoxy) is 1. The number of carboxylic acids is 1. The fraction of sp³-hybridized carbons (Fsp3) is 0.0714. The summed E-state index contributed by atoms with van der Waals surface area (Å²) in [6, 6.07) is 6.54. The van der Waals surface area contributed by atoms with Gasteiger partial charge in [-0.3, -0.25) is 4.72 Å². The van der Waals surface area contributed by atoms with Crippen LogP contribution in [0.2, 0.25) is 5.02 Å². The predicted octanol–water partition coefficient (Wildman–Crippen LogP) is 1.65. The average molecular weight is 359 g/mol. The van der Waals surface area contributed by atoms with Gasteiger partial charge in [0.15, 0.2) is 0 Å². The van der Waals surface area contributed by atoms with Crippen LogP contribution >= 0.6 is 11.6 Å². The highest BCUT2D eigenvalue weighted by Crippen LogP contribution is 2.28. The van der Waals surface area contributed by atoms with E-state index in [1.807, 2.05) is 0 Å². The number of anilines is 1. The van der Waals surface area contributed by atoms with Gasteiger partial charge >= 0.3 is 0 Å². The Labute approximate surface area is 136 Å². The third-order valence-corrected chi connectivity index (χ3v) is 4.55. The maximum absolute atomic E-state index is 13.3. The van der Waals surface area contributed by atoms with Crippen molar-refractivity contribution in [1.82, 2.24) is 0 Å². The lowest BCUT2D eigenvalue weighted by Crippen LogP contribution is -2.24. The Balaban J connectivity index is 2.37. The van der Waals surface area contributed by atoms with Gasteiger partial charge in [-0.05, 0) is 36.4 Å². The first-order valence-corrected chi connectivity index (χ1v) is 7.98. The summed E-state index contributed by atoms with van der Waals surface area (Å²) in [5.74, 6) is -2.54. The summed E-state index contributed by atoms with van der Waals surface area (Å²) >= 11 is 5.90. The SMILES string of the molecule is COc1ccc(NS(=O)(=O)c2ccc(F)c(C(=O)[O-])c2)cc1Cl. The second kappa shape index (κ2) is 6.43. The first kappa shape index (κ1) is 17.0. The Morgan fingerprint density at radius 3 is 2.52 bits per heavy atom. The molecule has 0 aliphatic rings. The van der Waals surface area contributed by atoms with Crippen molar-refractivity contribution in [3.8, 4) is 5.75 Å². The molecule has 9 heteroatoms. The van der Waals surface area contributed by atoms with E-state index in [9.17, 15) is 22.7 Å². The van der Waals surface area contributed by atoms with E-state index in [-0.39, 0.29) is 10.7 Å². The normalized spacial score (nSPS) is 11.1. The molecule has 6 nitrogen and oxygen atoms in total.